The Labute approximate surface area is 172 Å². The molecular formula is C21H23FN6O2. The van der Waals surface area contributed by atoms with E-state index in [0.717, 1.165) is 36.1 Å². The number of halogens is 1. The number of amides is 1. The maximum absolute atomic E-state index is 13.9. The summed E-state index contributed by atoms with van der Waals surface area (Å²) in [7, 11) is 0. The van der Waals surface area contributed by atoms with Crippen LogP contribution in [0.3, 0.4) is 0 Å². The highest BCUT2D eigenvalue weighted by Crippen LogP contribution is 2.31. The molecule has 0 bridgehead atoms. The fraction of sp³-hybridized carbons (Fsp3) is 0.429. The van der Waals surface area contributed by atoms with E-state index in [9.17, 15) is 9.18 Å². The van der Waals surface area contributed by atoms with Gasteiger partial charge in [-0.15, -0.1) is 0 Å². The van der Waals surface area contributed by atoms with Crippen molar-refractivity contribution in [2.75, 3.05) is 18.9 Å². The quantitative estimate of drug-likeness (QED) is 0.601. The van der Waals surface area contributed by atoms with E-state index in [4.69, 9.17) is 10.5 Å². The van der Waals surface area contributed by atoms with Crippen LogP contribution >= 0.6 is 0 Å². The largest absolute Gasteiger partial charge is 0.493 e. The monoisotopic (exact) mass is 410 g/mol. The number of nitrogens with one attached hydrogen (secondary N) is 1. The summed E-state index contributed by atoms with van der Waals surface area (Å²) < 4.78 is 21.4. The summed E-state index contributed by atoms with van der Waals surface area (Å²) in [6.45, 7) is 3.58. The summed E-state index contributed by atoms with van der Waals surface area (Å²) in [5.74, 6) is 1.80. The number of ether oxygens (including phenoxy) is 1. The Balaban J connectivity index is 1.48. The molecule has 1 saturated carbocycles. The van der Waals surface area contributed by atoms with Crippen molar-refractivity contribution >= 4 is 22.9 Å². The normalized spacial score (nSPS) is 15.3. The molecule has 1 fully saturated rings. The zero-order valence-electron chi connectivity index (χ0n) is 16.7. The molecule has 2 aromatic heterocycles. The van der Waals surface area contributed by atoms with Crippen molar-refractivity contribution in [1.29, 1.82) is 0 Å². The van der Waals surface area contributed by atoms with Gasteiger partial charge in [0.25, 0.3) is 0 Å². The number of hydrogen-bond donors (Lipinski definition) is 2. The van der Waals surface area contributed by atoms with E-state index in [-0.39, 0.29) is 17.6 Å². The second-order valence-corrected chi connectivity index (χ2v) is 7.96. The highest BCUT2D eigenvalue weighted by Gasteiger charge is 2.29. The third kappa shape index (κ3) is 3.44. The Bertz CT molecular complexity index is 1150. The number of rotatable bonds is 6. The van der Waals surface area contributed by atoms with Crippen LogP contribution in [-0.4, -0.2) is 38.6 Å². The van der Waals surface area contributed by atoms with Crippen LogP contribution in [0.4, 0.5) is 10.2 Å². The number of benzene rings is 1. The van der Waals surface area contributed by atoms with Gasteiger partial charge in [0, 0.05) is 31.8 Å². The standard InChI is InChI=1S/C21H23FN6O2/c1-11-8-13-4-7-30-15(13)9-14(11)10-16-25-17-18(23)26-21(22)27-19(17)28(16)6-5-24-20(29)12-2-3-12/h8-9,12H,2-7,10H2,1H3,(H,24,29)(H2,23,26,27). The second kappa shape index (κ2) is 7.23. The average Bonchev–Trinajstić information content (AvgIpc) is 3.37. The first-order valence-electron chi connectivity index (χ1n) is 10.2. The molecule has 3 N–H and O–H groups in total. The summed E-state index contributed by atoms with van der Waals surface area (Å²) in [4.78, 5) is 24.1. The first-order chi connectivity index (χ1) is 14.5. The Morgan fingerprint density at radius 3 is 2.97 bits per heavy atom. The number of aryl methyl sites for hydroxylation is 1. The number of nitrogen functional groups attached to an aromatic ring is 1. The molecule has 0 saturated heterocycles. The van der Waals surface area contributed by atoms with Crippen LogP contribution in [0.5, 0.6) is 5.75 Å². The van der Waals surface area contributed by atoms with E-state index in [1.54, 1.807) is 0 Å². The summed E-state index contributed by atoms with van der Waals surface area (Å²) >= 11 is 0. The Morgan fingerprint density at radius 1 is 1.33 bits per heavy atom. The van der Waals surface area contributed by atoms with Gasteiger partial charge < -0.3 is 20.4 Å². The number of carbonyl (C=O) groups excluding carboxylic acids is 1. The van der Waals surface area contributed by atoms with E-state index in [1.165, 1.54) is 5.56 Å². The van der Waals surface area contributed by atoms with Crippen molar-refractivity contribution in [2.24, 2.45) is 5.92 Å². The Morgan fingerprint density at radius 2 is 2.17 bits per heavy atom. The molecule has 8 nitrogen and oxygen atoms in total. The van der Waals surface area contributed by atoms with E-state index in [0.29, 0.717) is 43.1 Å². The first-order valence-corrected chi connectivity index (χ1v) is 10.2. The van der Waals surface area contributed by atoms with Gasteiger partial charge in [0.15, 0.2) is 17.0 Å². The lowest BCUT2D eigenvalue weighted by Gasteiger charge is -2.12. The number of imidazole rings is 1. The minimum Gasteiger partial charge on any atom is -0.493 e. The lowest BCUT2D eigenvalue weighted by atomic mass is 10.0. The number of anilines is 1. The highest BCUT2D eigenvalue weighted by atomic mass is 19.1. The number of nitrogens with zero attached hydrogens (tertiary/aromatic N) is 4. The molecule has 156 valence electrons. The molecule has 30 heavy (non-hydrogen) atoms. The fourth-order valence-electron chi connectivity index (χ4n) is 3.94. The smallest absolute Gasteiger partial charge is 0.312 e. The molecule has 1 amide bonds. The minimum absolute atomic E-state index is 0.00789. The molecule has 0 atom stereocenters. The minimum atomic E-state index is -0.892. The highest BCUT2D eigenvalue weighted by molar-refractivity contribution is 5.82. The molecule has 1 aliphatic carbocycles. The molecule has 0 unspecified atom stereocenters. The third-order valence-electron chi connectivity index (χ3n) is 5.75. The summed E-state index contributed by atoms with van der Waals surface area (Å²) in [5.41, 5.74) is 10.0. The molecule has 9 heteroatoms. The van der Waals surface area contributed by atoms with Gasteiger partial charge in [0.1, 0.15) is 11.6 Å². The number of hydrogen-bond acceptors (Lipinski definition) is 6. The third-order valence-corrected chi connectivity index (χ3v) is 5.75. The SMILES string of the molecule is Cc1cc2c(cc1Cc1nc3c(N)nc(F)nc3n1CCNC(=O)C1CC1)OCC2. The van der Waals surface area contributed by atoms with Gasteiger partial charge in [-0.2, -0.15) is 14.4 Å². The van der Waals surface area contributed by atoms with Gasteiger partial charge in [0.2, 0.25) is 5.91 Å². The van der Waals surface area contributed by atoms with Gasteiger partial charge in [-0.05, 0) is 42.5 Å². The number of aromatic nitrogens is 4. The van der Waals surface area contributed by atoms with E-state index >= 15 is 0 Å². The van der Waals surface area contributed by atoms with Crippen molar-refractivity contribution in [3.05, 3.63) is 40.7 Å². The van der Waals surface area contributed by atoms with Gasteiger partial charge in [-0.3, -0.25) is 4.79 Å². The predicted octanol–water partition coefficient (Wildman–Crippen LogP) is 1.91. The zero-order valence-corrected chi connectivity index (χ0v) is 16.7. The zero-order chi connectivity index (χ0) is 20.8. The molecule has 2 aliphatic rings. The second-order valence-electron chi connectivity index (χ2n) is 7.96. The Kier molecular flexibility index (Phi) is 4.52. The molecule has 1 aromatic carbocycles. The lowest BCUT2D eigenvalue weighted by Crippen LogP contribution is -2.29. The molecule has 1 aliphatic heterocycles. The number of fused-ring (bicyclic) bond motifs is 2. The van der Waals surface area contributed by atoms with Gasteiger partial charge >= 0.3 is 6.08 Å². The topological polar surface area (TPSA) is 108 Å². The van der Waals surface area contributed by atoms with E-state index in [2.05, 4.69) is 33.3 Å². The fourth-order valence-corrected chi connectivity index (χ4v) is 3.94. The van der Waals surface area contributed by atoms with Gasteiger partial charge in [-0.1, -0.05) is 6.07 Å². The maximum atomic E-state index is 13.9. The lowest BCUT2D eigenvalue weighted by molar-refractivity contribution is -0.122. The molecule has 3 aromatic rings. The summed E-state index contributed by atoms with van der Waals surface area (Å²) in [6.07, 6.45) is 2.42. The van der Waals surface area contributed by atoms with Crippen LogP contribution in [-0.2, 0) is 24.2 Å². The summed E-state index contributed by atoms with van der Waals surface area (Å²) in [6, 6.07) is 4.19. The van der Waals surface area contributed by atoms with Crippen molar-refractivity contribution in [2.45, 2.75) is 39.2 Å². The van der Waals surface area contributed by atoms with Crippen LogP contribution in [0.2, 0.25) is 0 Å². The summed E-state index contributed by atoms with van der Waals surface area (Å²) in [5, 5.41) is 2.94. The molecule has 0 spiro atoms. The molecule has 5 rings (SSSR count). The average molecular weight is 410 g/mol. The number of nitrogens with two attached hydrogens (primary N) is 1. The van der Waals surface area contributed by atoms with Crippen LogP contribution in [0.15, 0.2) is 12.1 Å². The van der Waals surface area contributed by atoms with Crippen LogP contribution in [0.25, 0.3) is 11.2 Å². The molecule has 0 radical (unpaired) electrons. The molecular weight excluding hydrogens is 387 g/mol. The van der Waals surface area contributed by atoms with Crippen LogP contribution < -0.4 is 15.8 Å². The van der Waals surface area contributed by atoms with Crippen LogP contribution in [0.1, 0.15) is 35.4 Å². The predicted molar refractivity (Wildman–Crippen MR) is 109 cm³/mol. The first kappa shape index (κ1) is 18.8. The van der Waals surface area contributed by atoms with Crippen molar-refractivity contribution in [1.82, 2.24) is 24.8 Å². The van der Waals surface area contributed by atoms with Gasteiger partial charge in [-0.25, -0.2) is 4.98 Å². The van der Waals surface area contributed by atoms with E-state index in [1.807, 2.05) is 10.6 Å². The maximum Gasteiger partial charge on any atom is 0.312 e. The van der Waals surface area contributed by atoms with Gasteiger partial charge in [0.05, 0.1) is 6.61 Å². The van der Waals surface area contributed by atoms with Crippen LogP contribution in [0, 0.1) is 18.9 Å². The van der Waals surface area contributed by atoms with Crippen molar-refractivity contribution < 1.29 is 13.9 Å². The Hall–Kier alpha value is -3.23. The van der Waals surface area contributed by atoms with Crippen molar-refractivity contribution in [3.8, 4) is 5.75 Å². The van der Waals surface area contributed by atoms with E-state index < -0.39 is 6.08 Å². The van der Waals surface area contributed by atoms with Crippen molar-refractivity contribution in [3.63, 3.8) is 0 Å². The number of carbonyl (C=O) groups is 1. The molecule has 3 heterocycles.